The van der Waals surface area contributed by atoms with Crippen LogP contribution in [0.1, 0.15) is 40.0 Å². The number of likely N-dealkylation sites (N-methyl/N-ethyl adjacent to an activating group) is 2. The molecule has 0 saturated carbocycles. The van der Waals surface area contributed by atoms with E-state index in [2.05, 4.69) is 5.32 Å². The van der Waals surface area contributed by atoms with Gasteiger partial charge in [0.15, 0.2) is 12.8 Å². The molecule has 0 aromatic carbocycles. The smallest absolute Gasteiger partial charge is 0.748 e. The van der Waals surface area contributed by atoms with E-state index in [-0.39, 0.29) is 63.9 Å². The number of primary amides is 1. The van der Waals surface area contributed by atoms with Crippen molar-refractivity contribution in [3.8, 4) is 0 Å². The topological polar surface area (TPSA) is 150 Å². The quantitative estimate of drug-likeness (QED) is 0.0748. The van der Waals surface area contributed by atoms with E-state index < -0.39 is 44.6 Å². The summed E-state index contributed by atoms with van der Waals surface area (Å²) in [5.41, 5.74) is 4.14. The summed E-state index contributed by atoms with van der Waals surface area (Å²) < 4.78 is 36.3. The Morgan fingerprint density at radius 1 is 1.09 bits per heavy atom. The van der Waals surface area contributed by atoms with Crippen molar-refractivity contribution in [3.63, 3.8) is 0 Å². The van der Waals surface area contributed by atoms with Crippen LogP contribution in [0.5, 0.6) is 0 Å². The Bertz CT molecular complexity index is 723. The van der Waals surface area contributed by atoms with Crippen LogP contribution >= 0.6 is 0 Å². The van der Waals surface area contributed by atoms with Gasteiger partial charge in [-0.25, -0.2) is 8.42 Å². The molecule has 3 atom stereocenters. The van der Waals surface area contributed by atoms with E-state index in [1.165, 1.54) is 0 Å². The normalized spacial score (nSPS) is 15.0. The number of carbonyl (C=O) groups excluding carboxylic acids is 2. The number of carbonyl (C=O) groups is 2. The van der Waals surface area contributed by atoms with Gasteiger partial charge in [0, 0.05) is 11.3 Å². The number of aliphatic hydroxyl groups is 1. The summed E-state index contributed by atoms with van der Waals surface area (Å²) in [6, 6.07) is 0. The second-order valence-electron chi connectivity index (χ2n) is 10.9. The molecule has 12 heteroatoms. The van der Waals surface area contributed by atoms with Crippen molar-refractivity contribution in [3.05, 3.63) is 14.9 Å². The third-order valence-corrected chi connectivity index (χ3v) is 6.51. The first-order valence-corrected chi connectivity index (χ1v) is 12.0. The fourth-order valence-electron chi connectivity index (χ4n) is 3.62. The van der Waals surface area contributed by atoms with Gasteiger partial charge in [-0.3, -0.25) is 9.59 Å². The Labute approximate surface area is 230 Å². The van der Waals surface area contributed by atoms with Gasteiger partial charge in [-0.05, 0) is 19.3 Å². The Morgan fingerprint density at radius 2 is 1.56 bits per heavy atom. The van der Waals surface area contributed by atoms with E-state index in [0.717, 1.165) is 0 Å². The number of hydrogen-bond donors (Lipinski definition) is 3. The van der Waals surface area contributed by atoms with Gasteiger partial charge in [0.25, 0.3) is 0 Å². The van der Waals surface area contributed by atoms with Crippen molar-refractivity contribution in [2.45, 2.75) is 51.4 Å². The van der Waals surface area contributed by atoms with Crippen LogP contribution in [-0.2, 0) is 19.7 Å². The van der Waals surface area contributed by atoms with E-state index in [1.807, 2.05) is 35.2 Å². The number of amides is 2. The van der Waals surface area contributed by atoms with Crippen LogP contribution in [0.2, 0.25) is 0 Å². The average Bonchev–Trinajstić information content (AvgIpc) is 2.52. The van der Waals surface area contributed by atoms with Crippen LogP contribution in [0.4, 0.5) is 0 Å². The maximum Gasteiger partial charge on any atom is 1.00 e. The third-order valence-electron chi connectivity index (χ3n) is 5.33. The van der Waals surface area contributed by atoms with Crippen molar-refractivity contribution < 1.29 is 66.2 Å². The molecule has 0 saturated heterocycles. The summed E-state index contributed by atoms with van der Waals surface area (Å²) in [4.78, 5) is 24.3. The number of quaternary nitrogens is 2. The summed E-state index contributed by atoms with van der Waals surface area (Å²) >= 11 is 0. The van der Waals surface area contributed by atoms with Gasteiger partial charge in [0.2, 0.25) is 11.8 Å². The minimum absolute atomic E-state index is 0. The molecule has 0 aliphatic heterocycles. The number of rotatable bonds is 14. The minimum Gasteiger partial charge on any atom is -0.748 e. The fourth-order valence-corrected chi connectivity index (χ4v) is 4.71. The van der Waals surface area contributed by atoms with Crippen molar-refractivity contribution in [1.82, 2.24) is 5.32 Å². The first-order valence-electron chi connectivity index (χ1n) is 10.5. The average molecular weight is 521 g/mol. The van der Waals surface area contributed by atoms with Crippen molar-refractivity contribution >= 4 is 21.9 Å². The summed E-state index contributed by atoms with van der Waals surface area (Å²) in [5, 5.41) is 11.7. The molecule has 0 bridgehead atoms. The molecular weight excluding hydrogens is 471 g/mol. The summed E-state index contributed by atoms with van der Waals surface area (Å²) in [7, 11) is 4.96. The Morgan fingerprint density at radius 3 is 1.91 bits per heavy atom. The first-order chi connectivity index (χ1) is 13.7. The second-order valence-corrected chi connectivity index (χ2v) is 12.5. The van der Waals surface area contributed by atoms with Crippen LogP contribution in [-0.4, -0.2) is 105 Å². The largest absolute Gasteiger partial charge is 1.00 e. The molecule has 34 heavy (non-hydrogen) atoms. The summed E-state index contributed by atoms with van der Waals surface area (Å²) in [6.45, 7) is 6.03. The van der Waals surface area contributed by atoms with Crippen LogP contribution in [0.25, 0.3) is 0 Å². The van der Waals surface area contributed by atoms with E-state index >= 15 is 0 Å². The van der Waals surface area contributed by atoms with Gasteiger partial charge < -0.3 is 44.5 Å². The van der Waals surface area contributed by atoms with E-state index in [9.17, 15) is 27.7 Å². The molecule has 10 nitrogen and oxygen atoms in total. The van der Waals surface area contributed by atoms with Gasteiger partial charge in [-0.2, -0.15) is 0 Å². The zero-order valence-electron chi connectivity index (χ0n) is 23.3. The molecule has 0 aliphatic carbocycles. The minimum atomic E-state index is -4.72. The number of nitrogens with one attached hydrogen (secondary N) is 1. The van der Waals surface area contributed by atoms with Crippen LogP contribution in [0.3, 0.4) is 0 Å². The number of nitrogens with two attached hydrogens (primary N) is 1. The van der Waals surface area contributed by atoms with E-state index in [1.54, 1.807) is 20.8 Å². The molecule has 0 rings (SSSR count). The molecule has 2 amide bonds. The van der Waals surface area contributed by atoms with Gasteiger partial charge in [0.1, 0.15) is 13.1 Å². The molecule has 0 spiro atoms. The molecule has 4 N–H and O–H groups in total. The number of nitrogens with zero attached hydrogens (tertiary/aromatic N) is 2. The standard InChI is InChI=1S/C20H42N4O6S.2CH3.Na/c1-9-15(18(21)26)10-17(31(28,29)30)11-20(2,3)19(27)22-14-24(7,8)13-16(25)12-23(4,5)6;;;/h15-17,25H,9-14H2,1-8H3,(H2-2,21,22,26,27,28,29,30);2*1H3;/q;2*-1;+1/p+1. The van der Waals surface area contributed by atoms with Crippen LogP contribution < -0.4 is 40.6 Å². The van der Waals surface area contributed by atoms with Crippen LogP contribution in [0, 0.1) is 26.2 Å². The molecule has 0 radical (unpaired) electrons. The summed E-state index contributed by atoms with van der Waals surface area (Å²) in [5.74, 6) is -1.81. The Hall–Kier alpha value is -0.270. The Kier molecular flexibility index (Phi) is 18.9. The maximum atomic E-state index is 12.8. The van der Waals surface area contributed by atoms with Gasteiger partial charge in [-0.1, -0.05) is 20.8 Å². The fraction of sp³-hybridized carbons (Fsp3) is 0.818. The van der Waals surface area contributed by atoms with Crippen molar-refractivity contribution in [2.75, 3.05) is 55.0 Å². The zero-order chi connectivity index (χ0) is 24.8. The zero-order valence-corrected chi connectivity index (χ0v) is 26.2. The van der Waals surface area contributed by atoms with Crippen molar-refractivity contribution in [1.29, 1.82) is 0 Å². The Balaban J connectivity index is -0.00000150. The molecule has 0 heterocycles. The van der Waals surface area contributed by atoms with E-state index in [0.29, 0.717) is 28.5 Å². The molecule has 200 valence electrons. The SMILES string of the molecule is CCC(CC(CC(C)(C)C(=O)NC[N+](C)(C)CC(O)C[N+](C)(C)C)S(=O)(=O)[O-])C(N)=O.[CH3-].[CH3-].[Na+]. The summed E-state index contributed by atoms with van der Waals surface area (Å²) in [6.07, 6.45) is -0.663. The van der Waals surface area contributed by atoms with Gasteiger partial charge in [-0.15, -0.1) is 0 Å². The van der Waals surface area contributed by atoms with Gasteiger partial charge >= 0.3 is 29.6 Å². The predicted octanol–water partition coefficient (Wildman–Crippen LogP) is -2.66. The third kappa shape index (κ3) is 16.4. The number of aliphatic hydroxyl groups excluding tert-OH is 1. The van der Waals surface area contributed by atoms with Crippen LogP contribution in [0.15, 0.2) is 0 Å². The van der Waals surface area contributed by atoms with Gasteiger partial charge in [0.05, 0.1) is 50.6 Å². The molecule has 0 aromatic rings. The molecule has 0 aromatic heterocycles. The first kappa shape index (κ1) is 40.9. The molecule has 0 aliphatic rings. The number of hydrogen-bond acceptors (Lipinski definition) is 6. The maximum absolute atomic E-state index is 12.8. The molecule has 3 unspecified atom stereocenters. The second kappa shape index (κ2) is 15.8. The monoisotopic (exact) mass is 520 g/mol. The molecular formula is C22H49N4NaO6S. The molecule has 0 fully saturated rings. The predicted molar refractivity (Wildman–Crippen MR) is 131 cm³/mol. The van der Waals surface area contributed by atoms with E-state index in [4.69, 9.17) is 5.73 Å². The van der Waals surface area contributed by atoms with Crippen molar-refractivity contribution in [2.24, 2.45) is 17.1 Å².